The highest BCUT2D eigenvalue weighted by atomic mass is 14.3. The molecule has 0 nitrogen and oxygen atoms in total. The fourth-order valence-electron chi connectivity index (χ4n) is 1.75. The second-order valence-corrected chi connectivity index (χ2v) is 4.35. The predicted molar refractivity (Wildman–Crippen MR) is 55.1 cm³/mol. The Kier molecular flexibility index (Phi) is 2.76. The van der Waals surface area contributed by atoms with Crippen LogP contribution in [0.1, 0.15) is 47.0 Å². The van der Waals surface area contributed by atoms with Crippen molar-refractivity contribution >= 4 is 0 Å². The molecule has 1 aliphatic carbocycles. The van der Waals surface area contributed by atoms with E-state index in [0.29, 0.717) is 5.41 Å². The van der Waals surface area contributed by atoms with E-state index in [2.05, 4.69) is 39.8 Å². The fraction of sp³-hybridized carbons (Fsp3) is 0.667. The third kappa shape index (κ3) is 2.00. The summed E-state index contributed by atoms with van der Waals surface area (Å²) < 4.78 is 0. The van der Waals surface area contributed by atoms with Crippen molar-refractivity contribution in [2.45, 2.75) is 47.0 Å². The van der Waals surface area contributed by atoms with E-state index < -0.39 is 0 Å². The van der Waals surface area contributed by atoms with Gasteiger partial charge in [0.1, 0.15) is 0 Å². The molecule has 1 unspecified atom stereocenters. The standard InChI is InChI=1S/C12H20/c1-5-12(4)8-6-7-10(2)11(3)9-12/h6,8H,5,7,9H2,1-4H3. The summed E-state index contributed by atoms with van der Waals surface area (Å²) >= 11 is 0. The minimum Gasteiger partial charge on any atom is -0.0839 e. The number of rotatable bonds is 1. The highest BCUT2D eigenvalue weighted by Gasteiger charge is 2.20. The summed E-state index contributed by atoms with van der Waals surface area (Å²) in [6, 6.07) is 0. The van der Waals surface area contributed by atoms with Crippen LogP contribution in [0.3, 0.4) is 0 Å². The Labute approximate surface area is 76.4 Å². The van der Waals surface area contributed by atoms with Crippen molar-refractivity contribution in [3.05, 3.63) is 23.3 Å². The highest BCUT2D eigenvalue weighted by Crippen LogP contribution is 2.35. The third-order valence-corrected chi connectivity index (χ3v) is 3.15. The van der Waals surface area contributed by atoms with Crippen LogP contribution < -0.4 is 0 Å². The SMILES string of the molecule is CCC1(C)C=CCC(C)=C(C)C1. The predicted octanol–water partition coefficient (Wildman–Crippen LogP) is 4.09. The lowest BCUT2D eigenvalue weighted by Gasteiger charge is -2.23. The fourth-order valence-corrected chi connectivity index (χ4v) is 1.75. The molecule has 0 radical (unpaired) electrons. The van der Waals surface area contributed by atoms with Crippen molar-refractivity contribution in [2.24, 2.45) is 5.41 Å². The molecule has 0 fully saturated rings. The van der Waals surface area contributed by atoms with Crippen LogP contribution in [0.15, 0.2) is 23.3 Å². The highest BCUT2D eigenvalue weighted by molar-refractivity contribution is 5.20. The molecule has 0 bridgehead atoms. The van der Waals surface area contributed by atoms with Crippen LogP contribution in [0, 0.1) is 5.41 Å². The van der Waals surface area contributed by atoms with E-state index in [1.807, 2.05) is 0 Å². The lowest BCUT2D eigenvalue weighted by molar-refractivity contribution is 0.408. The van der Waals surface area contributed by atoms with E-state index in [-0.39, 0.29) is 0 Å². The van der Waals surface area contributed by atoms with Crippen molar-refractivity contribution in [2.75, 3.05) is 0 Å². The van der Waals surface area contributed by atoms with Crippen LogP contribution in [0.25, 0.3) is 0 Å². The Bertz CT molecular complexity index is 220. The Morgan fingerprint density at radius 1 is 1.33 bits per heavy atom. The van der Waals surface area contributed by atoms with Gasteiger partial charge >= 0.3 is 0 Å². The number of hydrogen-bond donors (Lipinski definition) is 0. The molecular formula is C12H20. The number of hydrogen-bond acceptors (Lipinski definition) is 0. The molecule has 0 aliphatic heterocycles. The van der Waals surface area contributed by atoms with Gasteiger partial charge in [-0.2, -0.15) is 0 Å². The van der Waals surface area contributed by atoms with Crippen LogP contribution in [0.2, 0.25) is 0 Å². The van der Waals surface area contributed by atoms with Gasteiger partial charge < -0.3 is 0 Å². The monoisotopic (exact) mass is 164 g/mol. The first kappa shape index (κ1) is 9.57. The Morgan fingerprint density at radius 3 is 2.58 bits per heavy atom. The molecule has 1 atom stereocenters. The van der Waals surface area contributed by atoms with E-state index in [9.17, 15) is 0 Å². The zero-order chi connectivity index (χ0) is 9.19. The van der Waals surface area contributed by atoms with E-state index >= 15 is 0 Å². The second-order valence-electron chi connectivity index (χ2n) is 4.35. The quantitative estimate of drug-likeness (QED) is 0.512. The number of allylic oxidation sites excluding steroid dienone is 4. The van der Waals surface area contributed by atoms with E-state index in [1.54, 1.807) is 11.1 Å². The van der Waals surface area contributed by atoms with Gasteiger partial charge in [-0.1, -0.05) is 37.1 Å². The van der Waals surface area contributed by atoms with Crippen molar-refractivity contribution in [1.29, 1.82) is 0 Å². The zero-order valence-electron chi connectivity index (χ0n) is 8.78. The van der Waals surface area contributed by atoms with Crippen LogP contribution in [-0.4, -0.2) is 0 Å². The molecule has 0 heterocycles. The Balaban J connectivity index is 2.86. The maximum atomic E-state index is 2.40. The smallest absolute Gasteiger partial charge is 0.0112 e. The molecule has 1 aliphatic rings. The molecule has 0 aromatic carbocycles. The molecule has 0 saturated carbocycles. The van der Waals surface area contributed by atoms with E-state index in [4.69, 9.17) is 0 Å². The van der Waals surface area contributed by atoms with Gasteiger partial charge in [0, 0.05) is 0 Å². The lowest BCUT2D eigenvalue weighted by Crippen LogP contribution is -2.11. The molecule has 0 aromatic rings. The Hall–Kier alpha value is -0.520. The first-order chi connectivity index (χ1) is 5.57. The lowest BCUT2D eigenvalue weighted by atomic mass is 9.81. The second kappa shape index (κ2) is 3.47. The van der Waals surface area contributed by atoms with Gasteiger partial charge in [-0.25, -0.2) is 0 Å². The maximum Gasteiger partial charge on any atom is -0.0112 e. The molecule has 0 saturated heterocycles. The molecule has 68 valence electrons. The molecule has 0 amide bonds. The van der Waals surface area contributed by atoms with Gasteiger partial charge in [0.2, 0.25) is 0 Å². The third-order valence-electron chi connectivity index (χ3n) is 3.15. The summed E-state index contributed by atoms with van der Waals surface area (Å²) in [6.45, 7) is 9.15. The summed E-state index contributed by atoms with van der Waals surface area (Å²) in [6.07, 6.45) is 8.36. The van der Waals surface area contributed by atoms with E-state index in [1.165, 1.54) is 12.8 Å². The average molecular weight is 164 g/mol. The molecule has 0 heteroatoms. The molecule has 0 aromatic heterocycles. The molecule has 0 spiro atoms. The summed E-state index contributed by atoms with van der Waals surface area (Å²) in [7, 11) is 0. The van der Waals surface area contributed by atoms with Crippen LogP contribution >= 0.6 is 0 Å². The van der Waals surface area contributed by atoms with Gasteiger partial charge in [-0.15, -0.1) is 0 Å². The van der Waals surface area contributed by atoms with Crippen LogP contribution in [-0.2, 0) is 0 Å². The average Bonchev–Trinajstić information content (AvgIpc) is 2.14. The summed E-state index contributed by atoms with van der Waals surface area (Å²) in [5.74, 6) is 0. The van der Waals surface area contributed by atoms with Crippen molar-refractivity contribution in [3.8, 4) is 0 Å². The minimum atomic E-state index is 0.418. The molecule has 1 rings (SSSR count). The van der Waals surface area contributed by atoms with Gasteiger partial charge in [0.05, 0.1) is 0 Å². The molecule has 12 heavy (non-hydrogen) atoms. The van der Waals surface area contributed by atoms with Crippen molar-refractivity contribution in [1.82, 2.24) is 0 Å². The maximum absolute atomic E-state index is 2.40. The van der Waals surface area contributed by atoms with E-state index in [0.717, 1.165) is 6.42 Å². The molecule has 0 N–H and O–H groups in total. The first-order valence-electron chi connectivity index (χ1n) is 4.90. The van der Waals surface area contributed by atoms with Crippen molar-refractivity contribution < 1.29 is 0 Å². The van der Waals surface area contributed by atoms with Gasteiger partial charge in [-0.05, 0) is 38.5 Å². The van der Waals surface area contributed by atoms with Gasteiger partial charge in [0.25, 0.3) is 0 Å². The normalized spacial score (nSPS) is 30.7. The van der Waals surface area contributed by atoms with Crippen LogP contribution in [0.4, 0.5) is 0 Å². The summed E-state index contributed by atoms with van der Waals surface area (Å²) in [5.41, 5.74) is 3.56. The Morgan fingerprint density at radius 2 is 2.00 bits per heavy atom. The molecular weight excluding hydrogens is 144 g/mol. The van der Waals surface area contributed by atoms with Gasteiger partial charge in [0.15, 0.2) is 0 Å². The topological polar surface area (TPSA) is 0 Å². The summed E-state index contributed by atoms with van der Waals surface area (Å²) in [5, 5.41) is 0. The van der Waals surface area contributed by atoms with Crippen LogP contribution in [0.5, 0.6) is 0 Å². The largest absolute Gasteiger partial charge is 0.0839 e. The van der Waals surface area contributed by atoms with Crippen molar-refractivity contribution in [3.63, 3.8) is 0 Å². The zero-order valence-corrected chi connectivity index (χ0v) is 8.78. The first-order valence-corrected chi connectivity index (χ1v) is 4.90. The van der Waals surface area contributed by atoms with Gasteiger partial charge in [-0.3, -0.25) is 0 Å². The minimum absolute atomic E-state index is 0.418. The summed E-state index contributed by atoms with van der Waals surface area (Å²) in [4.78, 5) is 0.